The number of carbonyl (C=O) groups excluding carboxylic acids is 1. The van der Waals surface area contributed by atoms with Gasteiger partial charge in [0.1, 0.15) is 34.3 Å². The van der Waals surface area contributed by atoms with Crippen molar-refractivity contribution in [2.75, 3.05) is 39.3 Å². The largest absolute Gasteiger partial charge is 0.497 e. The Bertz CT molecular complexity index is 2010. The Morgan fingerprint density at radius 1 is 1.02 bits per heavy atom. The zero-order valence-electron chi connectivity index (χ0n) is 27.5. The highest BCUT2D eigenvalue weighted by Crippen LogP contribution is 2.40. The summed E-state index contributed by atoms with van der Waals surface area (Å²) in [7, 11) is 3.11. The molecular weight excluding hydrogens is 632 g/mol. The molecule has 2 N–H and O–H groups in total. The van der Waals surface area contributed by atoms with E-state index in [9.17, 15) is 18.7 Å². The van der Waals surface area contributed by atoms with Gasteiger partial charge in [-0.3, -0.25) is 4.79 Å². The van der Waals surface area contributed by atoms with Crippen LogP contribution in [-0.2, 0) is 21.5 Å². The number of nitrogens with one attached hydrogen (secondary N) is 1. The Hall–Kier alpha value is -5.23. The second-order valence-electron chi connectivity index (χ2n) is 12.6. The van der Waals surface area contributed by atoms with Gasteiger partial charge in [0.25, 0.3) is 0 Å². The molecule has 3 aromatic carbocycles. The summed E-state index contributed by atoms with van der Waals surface area (Å²) in [6.45, 7) is 4.22. The van der Waals surface area contributed by atoms with Gasteiger partial charge in [0.2, 0.25) is 11.8 Å². The van der Waals surface area contributed by atoms with Crippen LogP contribution in [0.1, 0.15) is 37.3 Å². The van der Waals surface area contributed by atoms with E-state index in [0.29, 0.717) is 43.4 Å². The lowest BCUT2D eigenvalue weighted by molar-refractivity contribution is -0.135. The maximum atomic E-state index is 15.0. The molecule has 2 aliphatic rings. The van der Waals surface area contributed by atoms with Gasteiger partial charge < -0.3 is 34.1 Å². The first-order chi connectivity index (χ1) is 23.7. The summed E-state index contributed by atoms with van der Waals surface area (Å²) in [5.74, 6) is -0.512. The van der Waals surface area contributed by atoms with E-state index in [1.807, 2.05) is 42.2 Å². The number of ether oxygens (including phenoxy) is 3. The zero-order valence-corrected chi connectivity index (χ0v) is 27.5. The predicted octanol–water partition coefficient (Wildman–Crippen LogP) is 6.56. The molecule has 2 aliphatic heterocycles. The summed E-state index contributed by atoms with van der Waals surface area (Å²) in [6, 6.07) is 16.6. The number of halogens is 2. The second-order valence-corrected chi connectivity index (χ2v) is 12.6. The third-order valence-electron chi connectivity index (χ3n) is 9.73. The molecule has 0 aliphatic carbocycles. The number of nitrogens with zero attached hydrogens (tertiary/aromatic N) is 4. The van der Waals surface area contributed by atoms with E-state index in [2.05, 4.69) is 15.3 Å². The molecule has 0 spiro atoms. The number of aromatic hydroxyl groups is 1. The Balaban J connectivity index is 1.24. The van der Waals surface area contributed by atoms with E-state index >= 15 is 0 Å². The molecule has 0 radical (unpaired) electrons. The van der Waals surface area contributed by atoms with Gasteiger partial charge >= 0.3 is 0 Å². The molecule has 7 rings (SSSR count). The molecule has 0 saturated carbocycles. The van der Waals surface area contributed by atoms with Gasteiger partial charge in [0.15, 0.2) is 5.82 Å². The van der Waals surface area contributed by atoms with Crippen LogP contribution in [0.25, 0.3) is 22.3 Å². The third-order valence-corrected chi connectivity index (χ3v) is 9.73. The molecule has 1 unspecified atom stereocenters. The van der Waals surface area contributed by atoms with E-state index in [1.165, 1.54) is 6.07 Å². The number of likely N-dealkylation sites (tertiary alicyclic amines) is 1. The number of methoxy groups -OCH3 is 2. The number of benzene rings is 3. The Morgan fingerprint density at radius 3 is 2.45 bits per heavy atom. The van der Waals surface area contributed by atoms with Gasteiger partial charge in [0, 0.05) is 49.3 Å². The fourth-order valence-electron chi connectivity index (χ4n) is 6.89. The topological polar surface area (TPSA) is 111 Å². The Kier molecular flexibility index (Phi) is 8.57. The smallest absolute Gasteiger partial charge is 0.233 e. The number of rotatable bonds is 9. The fourth-order valence-corrected chi connectivity index (χ4v) is 6.89. The zero-order chi connectivity index (χ0) is 34.3. The van der Waals surface area contributed by atoms with Crippen molar-refractivity contribution < 1.29 is 32.9 Å². The highest BCUT2D eigenvalue weighted by Gasteiger charge is 2.46. The van der Waals surface area contributed by atoms with Gasteiger partial charge in [-0.15, -0.1) is 0 Å². The van der Waals surface area contributed by atoms with Crippen LogP contribution in [0.5, 0.6) is 17.4 Å². The Labute approximate surface area is 282 Å². The average Bonchev–Trinajstić information content (AvgIpc) is 3.60. The summed E-state index contributed by atoms with van der Waals surface area (Å²) in [6.07, 6.45) is 4.00. The molecular formula is C37H37F2N5O5. The van der Waals surface area contributed by atoms with E-state index in [-0.39, 0.29) is 52.5 Å². The van der Waals surface area contributed by atoms with Crippen molar-refractivity contribution in [1.29, 1.82) is 0 Å². The van der Waals surface area contributed by atoms with Crippen LogP contribution in [0.3, 0.4) is 0 Å². The van der Waals surface area contributed by atoms with Gasteiger partial charge in [0.05, 0.1) is 37.3 Å². The van der Waals surface area contributed by atoms with Crippen LogP contribution in [0.15, 0.2) is 66.9 Å². The van der Waals surface area contributed by atoms with Gasteiger partial charge in [-0.25, -0.2) is 18.7 Å². The summed E-state index contributed by atoms with van der Waals surface area (Å²) in [4.78, 5) is 24.7. The number of hydrogen-bond acceptors (Lipinski definition) is 8. The van der Waals surface area contributed by atoms with Crippen molar-refractivity contribution in [2.45, 2.75) is 44.2 Å². The van der Waals surface area contributed by atoms with Crippen molar-refractivity contribution in [3.63, 3.8) is 0 Å². The molecule has 10 nitrogen and oxygen atoms in total. The highest BCUT2D eigenvalue weighted by atomic mass is 19.1. The van der Waals surface area contributed by atoms with E-state index < -0.39 is 17.0 Å². The monoisotopic (exact) mass is 669 g/mol. The molecule has 2 aromatic heterocycles. The lowest BCUT2D eigenvalue weighted by atomic mass is 9.81. The lowest BCUT2D eigenvalue weighted by Crippen LogP contribution is -2.44. The average molecular weight is 670 g/mol. The second kappa shape index (κ2) is 13.0. The first-order valence-electron chi connectivity index (χ1n) is 16.2. The molecule has 1 amide bonds. The van der Waals surface area contributed by atoms with Crippen LogP contribution in [0, 0.1) is 11.6 Å². The van der Waals surface area contributed by atoms with Crippen molar-refractivity contribution >= 4 is 28.3 Å². The maximum Gasteiger partial charge on any atom is 0.233 e. The lowest BCUT2D eigenvalue weighted by Gasteiger charge is -2.33. The summed E-state index contributed by atoms with van der Waals surface area (Å²) >= 11 is 0. The molecule has 2 fully saturated rings. The summed E-state index contributed by atoms with van der Waals surface area (Å²) in [5.41, 5.74) is 1.47. The molecule has 12 heteroatoms. The van der Waals surface area contributed by atoms with Crippen molar-refractivity contribution in [2.24, 2.45) is 0 Å². The van der Waals surface area contributed by atoms with Crippen molar-refractivity contribution in [3.8, 4) is 28.8 Å². The molecule has 1 atom stereocenters. The normalized spacial score (nSPS) is 18.3. The molecule has 49 heavy (non-hydrogen) atoms. The van der Waals surface area contributed by atoms with E-state index in [1.54, 1.807) is 37.1 Å². The van der Waals surface area contributed by atoms with Crippen LogP contribution >= 0.6 is 0 Å². The number of carbonyl (C=O) groups is 1. The van der Waals surface area contributed by atoms with Crippen molar-refractivity contribution in [1.82, 2.24) is 19.4 Å². The van der Waals surface area contributed by atoms with Gasteiger partial charge in [-0.1, -0.05) is 18.2 Å². The number of anilines is 2. The Morgan fingerprint density at radius 2 is 1.76 bits per heavy atom. The molecule has 4 heterocycles. The summed E-state index contributed by atoms with van der Waals surface area (Å²) < 4.78 is 47.8. The number of fused-ring (bicyclic) bond motifs is 1. The molecule has 254 valence electrons. The third kappa shape index (κ3) is 5.90. The van der Waals surface area contributed by atoms with Crippen LogP contribution < -0.4 is 14.8 Å². The van der Waals surface area contributed by atoms with Crippen molar-refractivity contribution in [3.05, 3.63) is 89.6 Å². The highest BCUT2D eigenvalue weighted by molar-refractivity contribution is 5.97. The first kappa shape index (κ1) is 32.3. The van der Waals surface area contributed by atoms with Gasteiger partial charge in [-0.05, 0) is 68.1 Å². The predicted molar refractivity (Wildman–Crippen MR) is 180 cm³/mol. The van der Waals surface area contributed by atoms with Crippen LogP contribution in [0.2, 0.25) is 0 Å². The summed E-state index contributed by atoms with van der Waals surface area (Å²) in [5, 5.41) is 15.0. The SMILES string of the molecule is COc1ccc(Cn2cc3nc(-c4c(F)cccc4F)nc(Nc4ccc(C5(C)CCN(C6CCOCC6)C5=O)cc4)c3c2O)c(OC)c1. The first-order valence-corrected chi connectivity index (χ1v) is 16.2. The maximum absolute atomic E-state index is 15.0. The molecule has 0 bridgehead atoms. The van der Waals surface area contributed by atoms with Crippen LogP contribution in [-0.4, -0.2) is 70.5 Å². The number of aromatic nitrogens is 3. The van der Waals surface area contributed by atoms with Crippen LogP contribution in [0.4, 0.5) is 20.3 Å². The fraction of sp³-hybridized carbons (Fsp3) is 0.324. The van der Waals surface area contributed by atoms with E-state index in [0.717, 1.165) is 36.1 Å². The minimum absolute atomic E-state index is 0.119. The molecule has 5 aromatic rings. The number of amides is 1. The standard InChI is InChI=1S/C37H37F2N5O5/c1-37(15-16-44(36(37)46)25-13-17-49-18-14-25)23-8-10-24(11-9-23)40-34-32-29(41-33(42-34)31-27(38)5-4-6-28(31)39)21-43(35(32)45)20-22-7-12-26(47-2)19-30(22)48-3/h4-12,19,21,25,45H,13-18,20H2,1-3H3,(H,40,41,42). The quantitative estimate of drug-likeness (QED) is 0.182. The molecule has 2 saturated heterocycles. The van der Waals surface area contributed by atoms with Gasteiger partial charge in [-0.2, -0.15) is 0 Å². The number of hydrogen-bond donors (Lipinski definition) is 2. The van der Waals surface area contributed by atoms with E-state index in [4.69, 9.17) is 14.2 Å². The minimum atomic E-state index is -0.814. The minimum Gasteiger partial charge on any atom is -0.497 e.